The first-order chi connectivity index (χ1) is 12.2. The number of carbonyl (C=O) groups excluding carboxylic acids is 2. The molecule has 0 bridgehead atoms. The molecule has 2 aromatic carbocycles. The zero-order valence-electron chi connectivity index (χ0n) is 16.2. The molecule has 0 radical (unpaired) electrons. The minimum absolute atomic E-state index is 0.349. The Morgan fingerprint density at radius 2 is 1.54 bits per heavy atom. The molecule has 0 aliphatic rings. The summed E-state index contributed by atoms with van der Waals surface area (Å²) in [6, 6.07) is 11.1. The number of carbonyl (C=O) groups is 2. The summed E-state index contributed by atoms with van der Waals surface area (Å²) in [7, 11) is 3.85. The summed E-state index contributed by atoms with van der Waals surface area (Å²) in [5, 5.41) is 2.86. The van der Waals surface area contributed by atoms with Gasteiger partial charge in [0.2, 0.25) is 0 Å². The summed E-state index contributed by atoms with van der Waals surface area (Å²) in [5.74, 6) is -0.867. The molecule has 5 nitrogen and oxygen atoms in total. The zero-order valence-corrected chi connectivity index (χ0v) is 16.2. The Labute approximate surface area is 155 Å². The van der Waals surface area contributed by atoms with Gasteiger partial charge in [-0.1, -0.05) is 17.7 Å². The molecule has 0 fully saturated rings. The summed E-state index contributed by atoms with van der Waals surface area (Å²) in [6.07, 6.45) is -0.892. The Kier molecular flexibility index (Phi) is 6.03. The van der Waals surface area contributed by atoms with Crippen LogP contribution in [0, 0.1) is 20.8 Å². The predicted octanol–water partition coefficient (Wildman–Crippen LogP) is 3.86. The number of nitrogens with one attached hydrogen (secondary N) is 1. The molecule has 0 saturated heterocycles. The van der Waals surface area contributed by atoms with Crippen molar-refractivity contribution in [2.24, 2.45) is 0 Å². The highest BCUT2D eigenvalue weighted by Gasteiger charge is 2.20. The fraction of sp³-hybridized carbons (Fsp3) is 0.333. The average molecular weight is 354 g/mol. The van der Waals surface area contributed by atoms with Crippen molar-refractivity contribution in [3.8, 4) is 0 Å². The lowest BCUT2D eigenvalue weighted by atomic mass is 10.0. The van der Waals surface area contributed by atoms with E-state index in [1.807, 2.05) is 64.0 Å². The summed E-state index contributed by atoms with van der Waals surface area (Å²) in [6.45, 7) is 7.47. The second-order valence-corrected chi connectivity index (χ2v) is 6.75. The Hall–Kier alpha value is -2.82. The quantitative estimate of drug-likeness (QED) is 0.828. The number of benzene rings is 2. The topological polar surface area (TPSA) is 58.6 Å². The highest BCUT2D eigenvalue weighted by molar-refractivity contribution is 5.98. The molecule has 0 aromatic heterocycles. The van der Waals surface area contributed by atoms with Gasteiger partial charge in [0, 0.05) is 25.5 Å². The lowest BCUT2D eigenvalue weighted by molar-refractivity contribution is -0.123. The monoisotopic (exact) mass is 354 g/mol. The first kappa shape index (κ1) is 19.5. The number of anilines is 2. The highest BCUT2D eigenvalue weighted by atomic mass is 16.5. The van der Waals surface area contributed by atoms with Crippen molar-refractivity contribution in [2.75, 3.05) is 24.3 Å². The van der Waals surface area contributed by atoms with E-state index in [-0.39, 0.29) is 5.91 Å². The van der Waals surface area contributed by atoms with Crippen molar-refractivity contribution in [3.63, 3.8) is 0 Å². The number of esters is 1. The molecule has 2 aromatic rings. The van der Waals surface area contributed by atoms with Gasteiger partial charge in [0.1, 0.15) is 0 Å². The standard InChI is InChI=1S/C21H26N2O3/c1-13-11-14(2)19(15(3)12-13)22-20(24)16(4)26-21(25)17-7-9-18(10-8-17)23(5)6/h7-12,16H,1-6H3,(H,22,24). The van der Waals surface area contributed by atoms with Gasteiger partial charge in [-0.25, -0.2) is 4.79 Å². The van der Waals surface area contributed by atoms with E-state index in [0.29, 0.717) is 5.56 Å². The molecule has 0 spiro atoms. The first-order valence-corrected chi connectivity index (χ1v) is 8.56. The van der Waals surface area contributed by atoms with Crippen LogP contribution >= 0.6 is 0 Å². The summed E-state index contributed by atoms with van der Waals surface area (Å²) >= 11 is 0. The van der Waals surface area contributed by atoms with Crippen LogP contribution in [-0.2, 0) is 9.53 Å². The lowest BCUT2D eigenvalue weighted by Gasteiger charge is -2.17. The maximum Gasteiger partial charge on any atom is 0.338 e. The van der Waals surface area contributed by atoms with Gasteiger partial charge in [-0.3, -0.25) is 4.79 Å². The number of nitrogens with zero attached hydrogens (tertiary/aromatic N) is 1. The third kappa shape index (κ3) is 4.63. The Morgan fingerprint density at radius 3 is 2.04 bits per heavy atom. The molecule has 1 atom stereocenters. The van der Waals surface area contributed by atoms with E-state index in [9.17, 15) is 9.59 Å². The van der Waals surface area contributed by atoms with Gasteiger partial charge in [0.15, 0.2) is 6.10 Å². The Morgan fingerprint density at radius 1 is 1.00 bits per heavy atom. The molecule has 0 saturated carbocycles. The SMILES string of the molecule is Cc1cc(C)c(NC(=O)C(C)OC(=O)c2ccc(N(C)C)cc2)c(C)c1. The van der Waals surface area contributed by atoms with Crippen LogP contribution in [0.15, 0.2) is 36.4 Å². The van der Waals surface area contributed by atoms with Crippen molar-refractivity contribution in [2.45, 2.75) is 33.8 Å². The van der Waals surface area contributed by atoms with Crippen molar-refractivity contribution in [3.05, 3.63) is 58.7 Å². The fourth-order valence-electron chi connectivity index (χ4n) is 2.78. The molecule has 0 heterocycles. The van der Waals surface area contributed by atoms with Gasteiger partial charge in [-0.05, 0) is 63.1 Å². The van der Waals surface area contributed by atoms with E-state index in [4.69, 9.17) is 4.74 Å². The van der Waals surface area contributed by atoms with Crippen molar-refractivity contribution >= 4 is 23.3 Å². The van der Waals surface area contributed by atoms with Crippen molar-refractivity contribution < 1.29 is 14.3 Å². The largest absolute Gasteiger partial charge is 0.449 e. The van der Waals surface area contributed by atoms with Crippen LogP contribution < -0.4 is 10.2 Å². The second-order valence-electron chi connectivity index (χ2n) is 6.75. The van der Waals surface area contributed by atoms with Crippen molar-refractivity contribution in [1.82, 2.24) is 0 Å². The third-order valence-corrected chi connectivity index (χ3v) is 4.20. The zero-order chi connectivity index (χ0) is 19.4. The van der Waals surface area contributed by atoms with Crippen LogP contribution in [0.3, 0.4) is 0 Å². The number of rotatable bonds is 5. The molecule has 1 N–H and O–H groups in total. The van der Waals surface area contributed by atoms with Gasteiger partial charge in [0.05, 0.1) is 5.56 Å². The molecule has 1 amide bonds. The van der Waals surface area contributed by atoms with E-state index in [2.05, 4.69) is 5.32 Å². The summed E-state index contributed by atoms with van der Waals surface area (Å²) < 4.78 is 5.31. The van der Waals surface area contributed by atoms with E-state index in [1.54, 1.807) is 19.1 Å². The first-order valence-electron chi connectivity index (χ1n) is 8.56. The summed E-state index contributed by atoms with van der Waals surface area (Å²) in [4.78, 5) is 26.6. The molecule has 0 aliphatic carbocycles. The van der Waals surface area contributed by atoms with E-state index in [1.165, 1.54) is 0 Å². The highest BCUT2D eigenvalue weighted by Crippen LogP contribution is 2.22. The number of hydrogen-bond donors (Lipinski definition) is 1. The van der Waals surface area contributed by atoms with Crippen molar-refractivity contribution in [1.29, 1.82) is 0 Å². The van der Waals surface area contributed by atoms with E-state index >= 15 is 0 Å². The second kappa shape index (κ2) is 8.04. The fourth-order valence-corrected chi connectivity index (χ4v) is 2.78. The van der Waals surface area contributed by atoms with Gasteiger partial charge >= 0.3 is 5.97 Å². The maximum absolute atomic E-state index is 12.4. The molecular formula is C21H26N2O3. The normalized spacial score (nSPS) is 11.6. The summed E-state index contributed by atoms with van der Waals surface area (Å²) in [5.41, 5.74) is 5.26. The van der Waals surface area contributed by atoms with E-state index < -0.39 is 12.1 Å². The Bertz CT molecular complexity index is 788. The average Bonchev–Trinajstić information content (AvgIpc) is 2.57. The van der Waals surface area contributed by atoms with Crippen LogP contribution in [0.5, 0.6) is 0 Å². The van der Waals surface area contributed by atoms with E-state index in [0.717, 1.165) is 28.1 Å². The van der Waals surface area contributed by atoms with Gasteiger partial charge in [-0.15, -0.1) is 0 Å². The van der Waals surface area contributed by atoms with Crippen LogP contribution in [0.1, 0.15) is 34.0 Å². The minimum atomic E-state index is -0.892. The number of aryl methyl sites for hydroxylation is 3. The molecule has 1 unspecified atom stereocenters. The lowest BCUT2D eigenvalue weighted by Crippen LogP contribution is -2.30. The van der Waals surface area contributed by atoms with Gasteiger partial charge < -0.3 is 15.0 Å². The van der Waals surface area contributed by atoms with Crippen LogP contribution in [0.4, 0.5) is 11.4 Å². The van der Waals surface area contributed by atoms with Crippen LogP contribution in [0.25, 0.3) is 0 Å². The number of amides is 1. The van der Waals surface area contributed by atoms with Crippen LogP contribution in [0.2, 0.25) is 0 Å². The molecule has 5 heteroatoms. The Balaban J connectivity index is 2.03. The smallest absolute Gasteiger partial charge is 0.338 e. The molecule has 26 heavy (non-hydrogen) atoms. The van der Waals surface area contributed by atoms with Gasteiger partial charge in [0.25, 0.3) is 5.91 Å². The predicted molar refractivity (Wildman–Crippen MR) is 105 cm³/mol. The number of ether oxygens (including phenoxy) is 1. The molecule has 2 rings (SSSR count). The molecule has 138 valence electrons. The molecule has 0 aliphatic heterocycles. The minimum Gasteiger partial charge on any atom is -0.449 e. The number of hydrogen-bond acceptors (Lipinski definition) is 4. The van der Waals surface area contributed by atoms with Crippen LogP contribution in [-0.4, -0.2) is 32.1 Å². The maximum atomic E-state index is 12.4. The third-order valence-electron chi connectivity index (χ3n) is 4.20. The molecular weight excluding hydrogens is 328 g/mol. The van der Waals surface area contributed by atoms with Gasteiger partial charge in [-0.2, -0.15) is 0 Å².